The van der Waals surface area contributed by atoms with E-state index in [2.05, 4.69) is 4.74 Å². The molecule has 0 bridgehead atoms. The second-order valence-electron chi connectivity index (χ2n) is 2.72. The van der Waals surface area contributed by atoms with Gasteiger partial charge in [0, 0.05) is 0 Å². The molecule has 12 heavy (non-hydrogen) atoms. The molecule has 0 aromatic carbocycles. The molecule has 0 amide bonds. The lowest BCUT2D eigenvalue weighted by molar-refractivity contribution is -0.150. The van der Waals surface area contributed by atoms with Gasteiger partial charge >= 0.3 is 0 Å². The Hall–Kier alpha value is -0.240. The number of rotatable bonds is 2. The third kappa shape index (κ3) is 1.58. The quantitative estimate of drug-likeness (QED) is 0.306. The summed E-state index contributed by atoms with van der Waals surface area (Å²) in [7, 11) is 0. The van der Waals surface area contributed by atoms with E-state index >= 15 is 0 Å². The first-order valence-corrected chi connectivity index (χ1v) is 3.56. The summed E-state index contributed by atoms with van der Waals surface area (Å²) in [5, 5.41) is 44.4. The van der Waals surface area contributed by atoms with Gasteiger partial charge in [-0.2, -0.15) is 0 Å². The van der Waals surface area contributed by atoms with Gasteiger partial charge in [-0.05, 0) is 0 Å². The Balaban J connectivity index is 2.58. The minimum Gasteiger partial charge on any atom is -0.394 e. The third-order valence-corrected chi connectivity index (χ3v) is 1.84. The zero-order valence-corrected chi connectivity index (χ0v) is 6.24. The second-order valence-corrected chi connectivity index (χ2v) is 2.72. The minimum atomic E-state index is -1.51. The topological polar surface area (TPSA) is 110 Å². The first-order chi connectivity index (χ1) is 5.57. The summed E-state index contributed by atoms with van der Waals surface area (Å²) in [6, 6.07) is 0. The van der Waals surface area contributed by atoms with Crippen molar-refractivity contribution in [2.75, 3.05) is 6.61 Å². The van der Waals surface area contributed by atoms with Gasteiger partial charge in [0.2, 0.25) is 0 Å². The maximum absolute atomic E-state index is 9.12. The number of aliphatic hydroxyl groups excluding tert-OH is 5. The lowest BCUT2D eigenvalue weighted by atomic mass is 10.1. The predicted molar refractivity (Wildman–Crippen MR) is 36.0 cm³/mol. The Kier molecular flexibility index (Phi) is 2.99. The molecule has 1 rings (SSSR count). The summed E-state index contributed by atoms with van der Waals surface area (Å²) in [6.45, 7) is -0.596. The van der Waals surface area contributed by atoms with E-state index in [1.54, 1.807) is 0 Å². The number of aliphatic hydroxyl groups is 5. The van der Waals surface area contributed by atoms with E-state index in [1.807, 2.05) is 0 Å². The average Bonchev–Trinajstić information content (AvgIpc) is 2.32. The van der Waals surface area contributed by atoms with Crippen molar-refractivity contribution < 1.29 is 30.3 Å². The highest BCUT2D eigenvalue weighted by atomic mass is 16.6. The fourth-order valence-corrected chi connectivity index (χ4v) is 1.11. The Bertz CT molecular complexity index is 151. The van der Waals surface area contributed by atoms with Gasteiger partial charge in [-0.3, -0.25) is 0 Å². The molecule has 1 aliphatic rings. The van der Waals surface area contributed by atoms with Crippen LogP contribution in [0.3, 0.4) is 0 Å². The Morgan fingerprint density at radius 1 is 1.17 bits per heavy atom. The number of hydrogen-bond donors (Lipinski definition) is 5. The van der Waals surface area contributed by atoms with E-state index in [-0.39, 0.29) is 0 Å². The molecule has 1 saturated heterocycles. The average molecular weight is 180 g/mol. The molecule has 0 aromatic rings. The summed E-state index contributed by atoms with van der Waals surface area (Å²) in [5.74, 6) is 0. The molecule has 6 heteroatoms. The first-order valence-electron chi connectivity index (χ1n) is 3.56. The SMILES string of the molecule is OC[C@@H](O)[C@H]1O[C@@H](O)[C@@H](O)[C@@H]1O. The maximum Gasteiger partial charge on any atom is 0.184 e. The standard InChI is InChI=1S/C6H12O6/c7-1-2(8)5-3(9)4(10)6(11)12-5/h2-11H,1H2/t2-,3+,4+,5-,6-/m1/s1. The van der Waals surface area contributed by atoms with E-state index in [0.717, 1.165) is 0 Å². The zero-order valence-electron chi connectivity index (χ0n) is 6.24. The van der Waals surface area contributed by atoms with Crippen molar-refractivity contribution in [3.63, 3.8) is 0 Å². The molecule has 1 fully saturated rings. The fourth-order valence-electron chi connectivity index (χ4n) is 1.11. The molecule has 72 valence electrons. The molecule has 0 aromatic heterocycles. The van der Waals surface area contributed by atoms with Crippen molar-refractivity contribution in [1.82, 2.24) is 0 Å². The fraction of sp³-hybridized carbons (Fsp3) is 1.00. The molecule has 0 aliphatic carbocycles. The van der Waals surface area contributed by atoms with Crippen LogP contribution in [0.15, 0.2) is 0 Å². The molecule has 0 radical (unpaired) electrons. The molecule has 0 spiro atoms. The smallest absolute Gasteiger partial charge is 0.184 e. The highest BCUT2D eigenvalue weighted by Crippen LogP contribution is 2.21. The number of hydrogen-bond acceptors (Lipinski definition) is 6. The third-order valence-electron chi connectivity index (χ3n) is 1.84. The van der Waals surface area contributed by atoms with Crippen molar-refractivity contribution in [1.29, 1.82) is 0 Å². The van der Waals surface area contributed by atoms with E-state index in [9.17, 15) is 0 Å². The van der Waals surface area contributed by atoms with Gasteiger partial charge in [-0.15, -0.1) is 0 Å². The molecule has 1 heterocycles. The Morgan fingerprint density at radius 3 is 2.08 bits per heavy atom. The Labute approximate surface area is 68.6 Å². The second kappa shape index (κ2) is 3.65. The molecule has 5 atom stereocenters. The summed E-state index contributed by atoms with van der Waals surface area (Å²) < 4.78 is 4.58. The molecular weight excluding hydrogens is 168 g/mol. The van der Waals surface area contributed by atoms with Crippen LogP contribution in [-0.2, 0) is 4.74 Å². The molecule has 0 saturated carbocycles. The van der Waals surface area contributed by atoms with Gasteiger partial charge in [0.25, 0.3) is 0 Å². The highest BCUT2D eigenvalue weighted by molar-refractivity contribution is 4.89. The molecule has 1 aliphatic heterocycles. The largest absolute Gasteiger partial charge is 0.394 e. The highest BCUT2D eigenvalue weighted by Gasteiger charge is 2.44. The molecular formula is C6H12O6. The van der Waals surface area contributed by atoms with Crippen LogP contribution in [0.1, 0.15) is 0 Å². The van der Waals surface area contributed by atoms with Crippen LogP contribution < -0.4 is 0 Å². The predicted octanol–water partition coefficient (Wildman–Crippen LogP) is -3.22. The van der Waals surface area contributed by atoms with Crippen LogP contribution in [0.25, 0.3) is 0 Å². The lowest BCUT2D eigenvalue weighted by Crippen LogP contribution is -2.40. The molecule has 5 N–H and O–H groups in total. The van der Waals surface area contributed by atoms with Gasteiger partial charge in [0.15, 0.2) is 6.29 Å². The van der Waals surface area contributed by atoms with Gasteiger partial charge in [0.05, 0.1) is 6.61 Å². The number of ether oxygens (including phenoxy) is 1. The zero-order chi connectivity index (χ0) is 9.30. The van der Waals surface area contributed by atoms with Crippen molar-refractivity contribution >= 4 is 0 Å². The van der Waals surface area contributed by atoms with Crippen LogP contribution in [-0.4, -0.2) is 62.8 Å². The van der Waals surface area contributed by atoms with Crippen LogP contribution in [0.5, 0.6) is 0 Å². The maximum atomic E-state index is 9.12. The summed E-state index contributed by atoms with van der Waals surface area (Å²) in [4.78, 5) is 0. The van der Waals surface area contributed by atoms with Crippen molar-refractivity contribution in [3.05, 3.63) is 0 Å². The Morgan fingerprint density at radius 2 is 1.75 bits per heavy atom. The van der Waals surface area contributed by atoms with Crippen molar-refractivity contribution in [3.8, 4) is 0 Å². The van der Waals surface area contributed by atoms with E-state index in [0.29, 0.717) is 0 Å². The van der Waals surface area contributed by atoms with Crippen molar-refractivity contribution in [2.45, 2.75) is 30.7 Å². The van der Waals surface area contributed by atoms with Gasteiger partial charge < -0.3 is 30.3 Å². The minimum absolute atomic E-state index is 0.596. The summed E-state index contributed by atoms with van der Waals surface area (Å²) >= 11 is 0. The summed E-state index contributed by atoms with van der Waals surface area (Å²) in [5.41, 5.74) is 0. The van der Waals surface area contributed by atoms with Crippen LogP contribution >= 0.6 is 0 Å². The van der Waals surface area contributed by atoms with Gasteiger partial charge in [0.1, 0.15) is 24.4 Å². The lowest BCUT2D eigenvalue weighted by Gasteiger charge is -2.18. The molecule has 6 nitrogen and oxygen atoms in total. The normalized spacial score (nSPS) is 44.8. The van der Waals surface area contributed by atoms with Crippen LogP contribution in [0.2, 0.25) is 0 Å². The van der Waals surface area contributed by atoms with E-state index < -0.39 is 37.3 Å². The van der Waals surface area contributed by atoms with Crippen LogP contribution in [0, 0.1) is 0 Å². The van der Waals surface area contributed by atoms with Gasteiger partial charge in [-0.25, -0.2) is 0 Å². The van der Waals surface area contributed by atoms with Crippen molar-refractivity contribution in [2.24, 2.45) is 0 Å². The van der Waals surface area contributed by atoms with Crippen LogP contribution in [0.4, 0.5) is 0 Å². The van der Waals surface area contributed by atoms with Gasteiger partial charge in [-0.1, -0.05) is 0 Å². The van der Waals surface area contributed by atoms with E-state index in [1.165, 1.54) is 0 Å². The molecule has 0 unspecified atom stereocenters. The summed E-state index contributed by atoms with van der Waals surface area (Å²) in [6.07, 6.45) is -6.75. The first kappa shape index (κ1) is 9.85. The van der Waals surface area contributed by atoms with E-state index in [4.69, 9.17) is 25.5 Å². The monoisotopic (exact) mass is 180 g/mol.